The lowest BCUT2D eigenvalue weighted by Crippen LogP contribution is -2.43. The summed E-state index contributed by atoms with van der Waals surface area (Å²) >= 11 is 0. The fourth-order valence-corrected chi connectivity index (χ4v) is 1.65. The Morgan fingerprint density at radius 2 is 2.06 bits per heavy atom. The van der Waals surface area contributed by atoms with Gasteiger partial charge in [-0.1, -0.05) is 20.3 Å². The molecule has 4 nitrogen and oxygen atoms in total. The summed E-state index contributed by atoms with van der Waals surface area (Å²) in [7, 11) is 1.63. The van der Waals surface area contributed by atoms with E-state index in [9.17, 15) is 4.79 Å². The quantitative estimate of drug-likeness (QED) is 0.628. The van der Waals surface area contributed by atoms with Crippen LogP contribution in [0.5, 0.6) is 0 Å². The first-order valence-electron chi connectivity index (χ1n) is 6.15. The molecule has 0 bridgehead atoms. The van der Waals surface area contributed by atoms with E-state index < -0.39 is 0 Å². The van der Waals surface area contributed by atoms with E-state index in [0.717, 1.165) is 19.3 Å². The molecule has 0 radical (unpaired) electrons. The minimum absolute atomic E-state index is 0.0408. The monoisotopic (exact) mass is 230 g/mol. The molecule has 0 aliphatic rings. The van der Waals surface area contributed by atoms with E-state index in [4.69, 9.17) is 4.74 Å². The largest absolute Gasteiger partial charge is 0.383 e. The lowest BCUT2D eigenvalue weighted by molar-refractivity contribution is -0.121. The lowest BCUT2D eigenvalue weighted by Gasteiger charge is -2.17. The van der Waals surface area contributed by atoms with Gasteiger partial charge in [-0.15, -0.1) is 0 Å². The van der Waals surface area contributed by atoms with Crippen molar-refractivity contribution in [3.05, 3.63) is 0 Å². The van der Waals surface area contributed by atoms with Gasteiger partial charge in [-0.3, -0.25) is 4.79 Å². The molecule has 0 aliphatic heterocycles. The number of hydrogen-bond acceptors (Lipinski definition) is 3. The third kappa shape index (κ3) is 7.65. The Bertz CT molecular complexity index is 186. The first-order chi connectivity index (χ1) is 7.63. The van der Waals surface area contributed by atoms with Crippen LogP contribution in [0, 0.1) is 0 Å². The van der Waals surface area contributed by atoms with Gasteiger partial charge in [0.25, 0.3) is 0 Å². The average molecular weight is 230 g/mol. The van der Waals surface area contributed by atoms with Crippen molar-refractivity contribution in [1.29, 1.82) is 0 Å². The molecule has 0 aliphatic carbocycles. The zero-order valence-corrected chi connectivity index (χ0v) is 11.0. The highest BCUT2D eigenvalue weighted by Gasteiger charge is 2.09. The van der Waals surface area contributed by atoms with Crippen LogP contribution >= 0.6 is 0 Å². The summed E-state index contributed by atoms with van der Waals surface area (Å²) in [6.07, 6.45) is 3.33. The average Bonchev–Trinajstić information content (AvgIpc) is 2.24. The Kier molecular flexibility index (Phi) is 9.24. The van der Waals surface area contributed by atoms with E-state index in [1.54, 1.807) is 7.11 Å². The van der Waals surface area contributed by atoms with Gasteiger partial charge in [0, 0.05) is 19.2 Å². The zero-order valence-electron chi connectivity index (χ0n) is 11.0. The summed E-state index contributed by atoms with van der Waals surface area (Å²) in [5, 5.41) is 6.14. The third-order valence-corrected chi connectivity index (χ3v) is 2.51. The number of hydrogen-bond donors (Lipinski definition) is 2. The van der Waals surface area contributed by atoms with Crippen molar-refractivity contribution in [2.24, 2.45) is 0 Å². The Balaban J connectivity index is 3.70. The van der Waals surface area contributed by atoms with E-state index in [-0.39, 0.29) is 11.9 Å². The standard InChI is InChI=1S/C12H26N2O2/c1-5-7-11(6-2)13-8-12(15)14-10(3)9-16-4/h10-11,13H,5-9H2,1-4H3,(H,14,15). The highest BCUT2D eigenvalue weighted by molar-refractivity contribution is 5.78. The summed E-state index contributed by atoms with van der Waals surface area (Å²) in [4.78, 5) is 11.5. The molecular formula is C12H26N2O2. The second-order valence-electron chi connectivity index (χ2n) is 4.20. The van der Waals surface area contributed by atoms with Crippen molar-refractivity contribution in [1.82, 2.24) is 10.6 Å². The molecular weight excluding hydrogens is 204 g/mol. The molecule has 0 fully saturated rings. The number of methoxy groups -OCH3 is 1. The molecule has 2 unspecified atom stereocenters. The van der Waals surface area contributed by atoms with Gasteiger partial charge in [0.05, 0.1) is 13.2 Å². The van der Waals surface area contributed by atoms with Crippen LogP contribution in [0.25, 0.3) is 0 Å². The van der Waals surface area contributed by atoms with Gasteiger partial charge in [0.2, 0.25) is 5.91 Å². The van der Waals surface area contributed by atoms with Gasteiger partial charge in [-0.05, 0) is 19.8 Å². The summed E-state index contributed by atoms with van der Waals surface area (Å²) in [6.45, 7) is 7.18. The molecule has 2 N–H and O–H groups in total. The van der Waals surface area contributed by atoms with Crippen molar-refractivity contribution in [2.75, 3.05) is 20.3 Å². The minimum atomic E-state index is 0.0408. The molecule has 2 atom stereocenters. The number of ether oxygens (including phenoxy) is 1. The number of carbonyl (C=O) groups excluding carboxylic acids is 1. The summed E-state index contributed by atoms with van der Waals surface area (Å²) in [5.74, 6) is 0.0408. The molecule has 4 heteroatoms. The normalized spacial score (nSPS) is 14.5. The van der Waals surface area contributed by atoms with Crippen LogP contribution in [-0.4, -0.2) is 38.3 Å². The SMILES string of the molecule is CCCC(CC)NCC(=O)NC(C)COC. The van der Waals surface area contributed by atoms with Gasteiger partial charge in [-0.2, -0.15) is 0 Å². The summed E-state index contributed by atoms with van der Waals surface area (Å²) < 4.78 is 4.95. The van der Waals surface area contributed by atoms with Gasteiger partial charge < -0.3 is 15.4 Å². The first kappa shape index (κ1) is 15.4. The molecule has 1 amide bonds. The highest BCUT2D eigenvalue weighted by atomic mass is 16.5. The first-order valence-corrected chi connectivity index (χ1v) is 6.15. The third-order valence-electron chi connectivity index (χ3n) is 2.51. The molecule has 0 saturated heterocycles. The second kappa shape index (κ2) is 9.60. The smallest absolute Gasteiger partial charge is 0.234 e. The van der Waals surface area contributed by atoms with Crippen LogP contribution in [0.2, 0.25) is 0 Å². The van der Waals surface area contributed by atoms with Gasteiger partial charge in [-0.25, -0.2) is 0 Å². The molecule has 0 aromatic rings. The number of rotatable bonds is 9. The van der Waals surface area contributed by atoms with Gasteiger partial charge in [0.15, 0.2) is 0 Å². The summed E-state index contributed by atoms with van der Waals surface area (Å²) in [5.41, 5.74) is 0. The van der Waals surface area contributed by atoms with Crippen LogP contribution in [0.4, 0.5) is 0 Å². The maximum atomic E-state index is 11.5. The Morgan fingerprint density at radius 1 is 1.38 bits per heavy atom. The van der Waals surface area contributed by atoms with Crippen LogP contribution in [0.15, 0.2) is 0 Å². The molecule has 0 spiro atoms. The predicted octanol–water partition coefficient (Wildman–Crippen LogP) is 1.31. The van der Waals surface area contributed by atoms with Crippen LogP contribution in [0.3, 0.4) is 0 Å². The summed E-state index contributed by atoms with van der Waals surface area (Å²) in [6, 6.07) is 0.527. The van der Waals surface area contributed by atoms with Gasteiger partial charge >= 0.3 is 0 Å². The molecule has 0 heterocycles. The van der Waals surface area contributed by atoms with E-state index in [1.807, 2.05) is 6.92 Å². The Hall–Kier alpha value is -0.610. The molecule has 0 aromatic carbocycles. The van der Waals surface area contributed by atoms with E-state index in [1.165, 1.54) is 0 Å². The predicted molar refractivity (Wildman–Crippen MR) is 66.5 cm³/mol. The lowest BCUT2D eigenvalue weighted by atomic mass is 10.1. The molecule has 16 heavy (non-hydrogen) atoms. The number of amides is 1. The maximum absolute atomic E-state index is 11.5. The van der Waals surface area contributed by atoms with Gasteiger partial charge in [0.1, 0.15) is 0 Å². The minimum Gasteiger partial charge on any atom is -0.383 e. The molecule has 0 aromatic heterocycles. The molecule has 0 rings (SSSR count). The topological polar surface area (TPSA) is 50.4 Å². The van der Waals surface area contributed by atoms with Crippen molar-refractivity contribution in [2.45, 2.75) is 52.1 Å². The molecule has 96 valence electrons. The van der Waals surface area contributed by atoms with Crippen molar-refractivity contribution in [3.8, 4) is 0 Å². The maximum Gasteiger partial charge on any atom is 0.234 e. The van der Waals surface area contributed by atoms with Crippen molar-refractivity contribution in [3.63, 3.8) is 0 Å². The fourth-order valence-electron chi connectivity index (χ4n) is 1.65. The van der Waals surface area contributed by atoms with Crippen LogP contribution in [0.1, 0.15) is 40.0 Å². The Morgan fingerprint density at radius 3 is 2.56 bits per heavy atom. The molecule has 0 saturated carbocycles. The second-order valence-corrected chi connectivity index (χ2v) is 4.20. The van der Waals surface area contributed by atoms with E-state index >= 15 is 0 Å². The van der Waals surface area contributed by atoms with Crippen molar-refractivity contribution < 1.29 is 9.53 Å². The zero-order chi connectivity index (χ0) is 12.4. The van der Waals surface area contributed by atoms with Crippen molar-refractivity contribution >= 4 is 5.91 Å². The highest BCUT2D eigenvalue weighted by Crippen LogP contribution is 1.99. The van der Waals surface area contributed by atoms with Crippen LogP contribution < -0.4 is 10.6 Å². The Labute approximate surface area is 99.1 Å². The fraction of sp³-hybridized carbons (Fsp3) is 0.917. The van der Waals surface area contributed by atoms with E-state index in [0.29, 0.717) is 19.2 Å². The number of nitrogens with one attached hydrogen (secondary N) is 2. The van der Waals surface area contributed by atoms with Crippen LogP contribution in [-0.2, 0) is 9.53 Å². The number of carbonyl (C=O) groups is 1. The van der Waals surface area contributed by atoms with E-state index in [2.05, 4.69) is 24.5 Å².